The molecule has 0 aliphatic carbocycles. The summed E-state index contributed by atoms with van der Waals surface area (Å²) in [6, 6.07) is 2.84. The number of carbonyl (C=O) groups excluding carboxylic acids is 1. The molecule has 1 aromatic heterocycles. The minimum atomic E-state index is -3.54. The summed E-state index contributed by atoms with van der Waals surface area (Å²) < 4.78 is 25.6. The number of hydrogen-bond donors (Lipinski definition) is 1. The van der Waals surface area contributed by atoms with E-state index in [0.29, 0.717) is 23.3 Å². The summed E-state index contributed by atoms with van der Waals surface area (Å²) in [7, 11) is -2.02. The molecule has 0 spiro atoms. The number of hydrogen-bond acceptors (Lipinski definition) is 7. The van der Waals surface area contributed by atoms with Gasteiger partial charge in [0.15, 0.2) is 15.6 Å². The SMILES string of the molecule is Cc1c(C(=O)c2cnn(C)c2O)ccc(S(C)(=O)=O)c1C1=NOC(C)C1. The number of oxime groups is 1. The predicted molar refractivity (Wildman–Crippen MR) is 94.3 cm³/mol. The van der Waals surface area contributed by atoms with Gasteiger partial charge >= 0.3 is 0 Å². The molecule has 0 amide bonds. The average Bonchev–Trinajstić information content (AvgIpc) is 3.12. The van der Waals surface area contributed by atoms with Gasteiger partial charge in [-0.25, -0.2) is 13.1 Å². The van der Waals surface area contributed by atoms with Crippen molar-refractivity contribution in [3.8, 4) is 5.88 Å². The fourth-order valence-electron chi connectivity index (χ4n) is 2.98. The van der Waals surface area contributed by atoms with Crippen molar-refractivity contribution in [1.29, 1.82) is 0 Å². The second-order valence-electron chi connectivity index (χ2n) is 6.38. The largest absolute Gasteiger partial charge is 0.493 e. The van der Waals surface area contributed by atoms with Crippen LogP contribution in [-0.2, 0) is 21.7 Å². The van der Waals surface area contributed by atoms with Crippen LogP contribution in [0.1, 0.15) is 40.4 Å². The molecule has 8 nitrogen and oxygen atoms in total. The number of nitrogens with zero attached hydrogens (tertiary/aromatic N) is 3. The quantitative estimate of drug-likeness (QED) is 0.810. The summed E-state index contributed by atoms with van der Waals surface area (Å²) in [4.78, 5) is 18.2. The lowest BCUT2D eigenvalue weighted by Crippen LogP contribution is -2.15. The number of aryl methyl sites for hydroxylation is 1. The summed E-state index contributed by atoms with van der Waals surface area (Å²) in [5.41, 5.74) is 1.66. The highest BCUT2D eigenvalue weighted by molar-refractivity contribution is 7.90. The van der Waals surface area contributed by atoms with E-state index in [0.717, 1.165) is 6.26 Å². The molecule has 26 heavy (non-hydrogen) atoms. The normalized spacial score (nSPS) is 17.1. The maximum atomic E-state index is 12.9. The fraction of sp³-hybridized carbons (Fsp3) is 0.353. The summed E-state index contributed by atoms with van der Waals surface area (Å²) in [5.74, 6) is -0.694. The molecule has 1 unspecified atom stereocenters. The molecule has 0 radical (unpaired) electrons. The van der Waals surface area contributed by atoms with Gasteiger partial charge in [-0.2, -0.15) is 5.10 Å². The van der Waals surface area contributed by atoms with Crippen molar-refractivity contribution in [2.75, 3.05) is 6.26 Å². The molecule has 0 saturated carbocycles. The zero-order valence-electron chi connectivity index (χ0n) is 14.8. The first-order valence-corrected chi connectivity index (χ1v) is 9.82. The second kappa shape index (κ2) is 6.24. The van der Waals surface area contributed by atoms with Gasteiger partial charge in [-0.15, -0.1) is 0 Å². The topological polar surface area (TPSA) is 111 Å². The van der Waals surface area contributed by atoms with Crippen LogP contribution in [0.4, 0.5) is 0 Å². The molecule has 138 valence electrons. The third-order valence-corrected chi connectivity index (χ3v) is 5.47. The van der Waals surface area contributed by atoms with Crippen LogP contribution in [-0.4, -0.2) is 47.2 Å². The zero-order chi connectivity index (χ0) is 19.2. The molecule has 0 saturated heterocycles. The molecule has 1 atom stereocenters. The summed E-state index contributed by atoms with van der Waals surface area (Å²) in [6.45, 7) is 3.49. The minimum Gasteiger partial charge on any atom is -0.493 e. The number of rotatable bonds is 4. The Morgan fingerprint density at radius 1 is 1.35 bits per heavy atom. The van der Waals surface area contributed by atoms with Gasteiger partial charge in [-0.1, -0.05) is 5.16 Å². The first-order chi connectivity index (χ1) is 12.1. The Labute approximate surface area is 151 Å². The molecule has 1 N–H and O–H groups in total. The van der Waals surface area contributed by atoms with Crippen LogP contribution >= 0.6 is 0 Å². The summed E-state index contributed by atoms with van der Waals surface area (Å²) in [6.07, 6.45) is 2.66. The Morgan fingerprint density at radius 2 is 2.04 bits per heavy atom. The molecule has 2 heterocycles. The number of aromatic nitrogens is 2. The molecule has 1 aliphatic rings. The van der Waals surface area contributed by atoms with Crippen molar-refractivity contribution in [2.45, 2.75) is 31.3 Å². The number of ketones is 1. The Bertz CT molecular complexity index is 1040. The lowest BCUT2D eigenvalue weighted by molar-refractivity contribution is 0.0995. The van der Waals surface area contributed by atoms with E-state index in [1.54, 1.807) is 6.92 Å². The average molecular weight is 377 g/mol. The number of aromatic hydroxyl groups is 1. The third-order valence-electron chi connectivity index (χ3n) is 4.34. The first kappa shape index (κ1) is 18.1. The highest BCUT2D eigenvalue weighted by Gasteiger charge is 2.29. The van der Waals surface area contributed by atoms with E-state index >= 15 is 0 Å². The van der Waals surface area contributed by atoms with E-state index in [2.05, 4.69) is 10.3 Å². The number of carbonyl (C=O) groups is 1. The van der Waals surface area contributed by atoms with Crippen molar-refractivity contribution < 1.29 is 23.2 Å². The van der Waals surface area contributed by atoms with Crippen molar-refractivity contribution in [3.05, 3.63) is 40.6 Å². The Hall–Kier alpha value is -2.68. The van der Waals surface area contributed by atoms with E-state index < -0.39 is 15.6 Å². The molecule has 1 aliphatic heterocycles. The standard InChI is InChI=1S/C17H19N3O5S/c1-9-7-13(19-25-9)15-10(2)11(5-6-14(15)26(4,23)24)16(21)12-8-18-20(3)17(12)22/h5-6,8-9,22H,7H2,1-4H3. The number of benzene rings is 1. The first-order valence-electron chi connectivity index (χ1n) is 7.93. The van der Waals surface area contributed by atoms with Gasteiger partial charge in [-0.3, -0.25) is 4.79 Å². The lowest BCUT2D eigenvalue weighted by atomic mass is 9.93. The maximum absolute atomic E-state index is 12.9. The highest BCUT2D eigenvalue weighted by Crippen LogP contribution is 2.30. The third kappa shape index (κ3) is 2.98. The summed E-state index contributed by atoms with van der Waals surface area (Å²) >= 11 is 0. The van der Waals surface area contributed by atoms with Gasteiger partial charge < -0.3 is 9.94 Å². The fourth-order valence-corrected chi connectivity index (χ4v) is 3.94. The van der Waals surface area contributed by atoms with Crippen LogP contribution in [0.3, 0.4) is 0 Å². The van der Waals surface area contributed by atoms with Crippen molar-refractivity contribution >= 4 is 21.3 Å². The van der Waals surface area contributed by atoms with Crippen LogP contribution in [0.15, 0.2) is 28.4 Å². The van der Waals surface area contributed by atoms with Crippen molar-refractivity contribution in [3.63, 3.8) is 0 Å². The monoisotopic (exact) mass is 377 g/mol. The maximum Gasteiger partial charge on any atom is 0.220 e. The molecule has 2 aromatic rings. The van der Waals surface area contributed by atoms with Crippen LogP contribution in [0.2, 0.25) is 0 Å². The smallest absolute Gasteiger partial charge is 0.220 e. The molecule has 0 fully saturated rings. The van der Waals surface area contributed by atoms with Gasteiger partial charge in [0.1, 0.15) is 11.7 Å². The van der Waals surface area contributed by atoms with Crippen LogP contribution in [0.25, 0.3) is 0 Å². The van der Waals surface area contributed by atoms with Gasteiger partial charge in [-0.05, 0) is 31.5 Å². The molecule has 9 heteroatoms. The Balaban J connectivity index is 2.20. The zero-order valence-corrected chi connectivity index (χ0v) is 15.7. The van der Waals surface area contributed by atoms with Crippen LogP contribution in [0.5, 0.6) is 5.88 Å². The van der Waals surface area contributed by atoms with Crippen LogP contribution < -0.4 is 0 Å². The van der Waals surface area contributed by atoms with E-state index in [-0.39, 0.29) is 28.0 Å². The van der Waals surface area contributed by atoms with E-state index in [1.807, 2.05) is 6.92 Å². The second-order valence-corrected chi connectivity index (χ2v) is 8.36. The van der Waals surface area contributed by atoms with Gasteiger partial charge in [0.25, 0.3) is 0 Å². The lowest BCUT2D eigenvalue weighted by Gasteiger charge is -2.14. The van der Waals surface area contributed by atoms with Gasteiger partial charge in [0.05, 0.1) is 16.8 Å². The highest BCUT2D eigenvalue weighted by atomic mass is 32.2. The van der Waals surface area contributed by atoms with Crippen LogP contribution in [0, 0.1) is 6.92 Å². The Kier molecular flexibility index (Phi) is 4.35. The molecule has 1 aromatic carbocycles. The van der Waals surface area contributed by atoms with Crippen molar-refractivity contribution in [2.24, 2.45) is 12.2 Å². The predicted octanol–water partition coefficient (Wildman–Crippen LogP) is 1.58. The van der Waals surface area contributed by atoms with Crippen molar-refractivity contribution in [1.82, 2.24) is 9.78 Å². The number of sulfone groups is 1. The van der Waals surface area contributed by atoms with E-state index in [1.165, 1.54) is 30.1 Å². The minimum absolute atomic E-state index is 0.0478. The van der Waals surface area contributed by atoms with Gasteiger partial charge in [0, 0.05) is 30.9 Å². The molecular weight excluding hydrogens is 358 g/mol. The molecule has 0 bridgehead atoms. The molecule has 3 rings (SSSR count). The molecular formula is C17H19N3O5S. The van der Waals surface area contributed by atoms with E-state index in [4.69, 9.17) is 4.84 Å². The summed E-state index contributed by atoms with van der Waals surface area (Å²) in [5, 5.41) is 17.9. The van der Waals surface area contributed by atoms with Gasteiger partial charge in [0.2, 0.25) is 5.88 Å². The van der Waals surface area contributed by atoms with E-state index in [9.17, 15) is 18.3 Å². The Morgan fingerprint density at radius 3 is 2.54 bits per heavy atom.